The van der Waals surface area contributed by atoms with E-state index in [-0.39, 0.29) is 11.8 Å². The van der Waals surface area contributed by atoms with Crippen LogP contribution < -0.4 is 5.32 Å². The Balaban J connectivity index is 2.33. The molecule has 0 aliphatic heterocycles. The minimum Gasteiger partial charge on any atom is -0.390 e. The lowest BCUT2D eigenvalue weighted by atomic mass is 9.72. The molecule has 1 amide bonds. The number of carbonyl (C=O) groups is 1. The molecule has 0 aromatic rings. The molecule has 0 saturated heterocycles. The highest BCUT2D eigenvalue weighted by atomic mass is 16.3. The van der Waals surface area contributed by atoms with Crippen molar-refractivity contribution < 1.29 is 9.90 Å². The van der Waals surface area contributed by atoms with E-state index in [4.69, 9.17) is 0 Å². The number of carbonyl (C=O) groups excluding carboxylic acids is 1. The van der Waals surface area contributed by atoms with Crippen LogP contribution in [0.2, 0.25) is 0 Å². The minimum atomic E-state index is -0.586. The van der Waals surface area contributed by atoms with Gasteiger partial charge < -0.3 is 10.4 Å². The Bertz CT molecular complexity index is 146. The Morgan fingerprint density at radius 1 is 1.70 bits per heavy atom. The van der Waals surface area contributed by atoms with Gasteiger partial charge in [-0.15, -0.1) is 0 Å². The molecule has 0 bridgehead atoms. The second-order valence-electron chi connectivity index (χ2n) is 3.22. The highest BCUT2D eigenvalue weighted by Gasteiger charge is 2.41. The molecule has 1 aliphatic carbocycles. The Hall–Kier alpha value is -0.570. The van der Waals surface area contributed by atoms with Crippen molar-refractivity contribution in [3.63, 3.8) is 0 Å². The van der Waals surface area contributed by atoms with E-state index in [2.05, 4.69) is 5.32 Å². The lowest BCUT2D eigenvalue weighted by molar-refractivity contribution is -0.138. The second kappa shape index (κ2) is 2.23. The maximum Gasteiger partial charge on any atom is 0.223 e. The summed E-state index contributed by atoms with van der Waals surface area (Å²) < 4.78 is 0. The van der Waals surface area contributed by atoms with Gasteiger partial charge in [-0.05, 0) is 19.8 Å². The van der Waals surface area contributed by atoms with Gasteiger partial charge in [0.2, 0.25) is 5.91 Å². The van der Waals surface area contributed by atoms with Gasteiger partial charge in [-0.2, -0.15) is 0 Å². The first-order valence-electron chi connectivity index (χ1n) is 3.49. The van der Waals surface area contributed by atoms with Gasteiger partial charge >= 0.3 is 0 Å². The molecule has 0 spiro atoms. The first-order valence-corrected chi connectivity index (χ1v) is 3.49. The number of aliphatic hydroxyl groups is 1. The number of nitrogens with one attached hydrogen (secondary N) is 1. The van der Waals surface area contributed by atoms with Crippen molar-refractivity contribution in [3.8, 4) is 0 Å². The van der Waals surface area contributed by atoms with Crippen molar-refractivity contribution in [2.75, 3.05) is 7.05 Å². The summed E-state index contributed by atoms with van der Waals surface area (Å²) in [5, 5.41) is 11.8. The van der Waals surface area contributed by atoms with Crippen LogP contribution in [0.4, 0.5) is 0 Å². The van der Waals surface area contributed by atoms with Gasteiger partial charge in [0.1, 0.15) is 0 Å². The van der Waals surface area contributed by atoms with Gasteiger partial charge in [0.05, 0.1) is 5.60 Å². The maximum atomic E-state index is 10.9. The number of amides is 1. The zero-order chi connectivity index (χ0) is 7.78. The van der Waals surface area contributed by atoms with Crippen molar-refractivity contribution in [2.24, 2.45) is 5.92 Å². The van der Waals surface area contributed by atoms with Crippen molar-refractivity contribution in [1.82, 2.24) is 5.32 Å². The molecule has 0 radical (unpaired) electrons. The normalized spacial score (nSPS) is 38.5. The highest BCUT2D eigenvalue weighted by Crippen LogP contribution is 2.36. The van der Waals surface area contributed by atoms with E-state index in [1.54, 1.807) is 14.0 Å². The zero-order valence-corrected chi connectivity index (χ0v) is 6.35. The molecule has 0 heterocycles. The van der Waals surface area contributed by atoms with E-state index in [0.29, 0.717) is 12.8 Å². The van der Waals surface area contributed by atoms with Crippen LogP contribution in [0.15, 0.2) is 0 Å². The molecule has 3 heteroatoms. The molecule has 0 aromatic carbocycles. The third-order valence-electron chi connectivity index (χ3n) is 1.99. The van der Waals surface area contributed by atoms with Gasteiger partial charge in [0.15, 0.2) is 0 Å². The fourth-order valence-electron chi connectivity index (χ4n) is 1.39. The first kappa shape index (κ1) is 7.54. The molecule has 1 saturated carbocycles. The molecule has 0 atom stereocenters. The Morgan fingerprint density at radius 2 is 2.20 bits per heavy atom. The molecule has 0 aromatic heterocycles. The van der Waals surface area contributed by atoms with E-state index in [1.807, 2.05) is 0 Å². The van der Waals surface area contributed by atoms with E-state index in [9.17, 15) is 9.90 Å². The molecule has 0 unspecified atom stereocenters. The van der Waals surface area contributed by atoms with E-state index >= 15 is 0 Å². The van der Waals surface area contributed by atoms with Gasteiger partial charge in [0, 0.05) is 13.0 Å². The van der Waals surface area contributed by atoms with E-state index in [1.165, 1.54) is 0 Å². The molecular formula is C7H13NO2. The summed E-state index contributed by atoms with van der Waals surface area (Å²) in [5.74, 6) is 0.0894. The van der Waals surface area contributed by atoms with Crippen LogP contribution in [0, 0.1) is 5.92 Å². The van der Waals surface area contributed by atoms with Crippen LogP contribution >= 0.6 is 0 Å². The fourth-order valence-corrected chi connectivity index (χ4v) is 1.39. The van der Waals surface area contributed by atoms with Crippen LogP contribution in [0.3, 0.4) is 0 Å². The maximum absolute atomic E-state index is 10.9. The van der Waals surface area contributed by atoms with Crippen LogP contribution in [-0.2, 0) is 4.79 Å². The molecule has 1 rings (SSSR count). The average Bonchev–Trinajstić information content (AvgIpc) is 1.81. The quantitative estimate of drug-likeness (QED) is 0.538. The van der Waals surface area contributed by atoms with Crippen molar-refractivity contribution in [2.45, 2.75) is 25.4 Å². The highest BCUT2D eigenvalue weighted by molar-refractivity contribution is 5.79. The van der Waals surface area contributed by atoms with Crippen LogP contribution in [0.5, 0.6) is 0 Å². The number of rotatable bonds is 1. The number of hydrogen-bond acceptors (Lipinski definition) is 2. The summed E-state index contributed by atoms with van der Waals surface area (Å²) in [6, 6.07) is 0. The third kappa shape index (κ3) is 1.29. The molecule has 3 nitrogen and oxygen atoms in total. The van der Waals surface area contributed by atoms with E-state index in [0.717, 1.165) is 0 Å². The van der Waals surface area contributed by atoms with Gasteiger partial charge in [-0.3, -0.25) is 4.79 Å². The number of hydrogen-bond donors (Lipinski definition) is 2. The molecule has 58 valence electrons. The largest absolute Gasteiger partial charge is 0.390 e. The zero-order valence-electron chi connectivity index (χ0n) is 6.35. The third-order valence-corrected chi connectivity index (χ3v) is 1.99. The molecular weight excluding hydrogens is 130 g/mol. The molecule has 1 fully saturated rings. The Labute approximate surface area is 60.4 Å². The molecule has 2 N–H and O–H groups in total. The van der Waals surface area contributed by atoms with Gasteiger partial charge in [0.25, 0.3) is 0 Å². The van der Waals surface area contributed by atoms with Crippen LogP contribution in [0.1, 0.15) is 19.8 Å². The lowest BCUT2D eigenvalue weighted by Crippen LogP contribution is -2.47. The summed E-state index contributed by atoms with van der Waals surface area (Å²) in [6.45, 7) is 1.76. The second-order valence-corrected chi connectivity index (χ2v) is 3.22. The summed E-state index contributed by atoms with van der Waals surface area (Å²) >= 11 is 0. The monoisotopic (exact) mass is 143 g/mol. The smallest absolute Gasteiger partial charge is 0.223 e. The lowest BCUT2D eigenvalue weighted by Gasteiger charge is -2.39. The van der Waals surface area contributed by atoms with Crippen molar-refractivity contribution >= 4 is 5.91 Å². The Kier molecular flexibility index (Phi) is 1.68. The SMILES string of the molecule is CNC(=O)C1CC(C)(O)C1. The Morgan fingerprint density at radius 3 is 2.50 bits per heavy atom. The standard InChI is InChI=1S/C7H13NO2/c1-7(10)3-5(4-7)6(9)8-2/h5,10H,3-4H2,1-2H3,(H,8,9). The van der Waals surface area contributed by atoms with Crippen molar-refractivity contribution in [1.29, 1.82) is 0 Å². The summed E-state index contributed by atoms with van der Waals surface area (Å²) in [5.41, 5.74) is -0.586. The molecule has 1 aliphatic rings. The topological polar surface area (TPSA) is 49.3 Å². The predicted molar refractivity (Wildman–Crippen MR) is 37.4 cm³/mol. The first-order chi connectivity index (χ1) is 4.55. The van der Waals surface area contributed by atoms with Gasteiger partial charge in [-0.25, -0.2) is 0 Å². The molecule has 10 heavy (non-hydrogen) atoms. The predicted octanol–water partition coefficient (Wildman–Crippen LogP) is -0.107. The summed E-state index contributed by atoms with van der Waals surface area (Å²) in [7, 11) is 1.62. The summed E-state index contributed by atoms with van der Waals surface area (Å²) in [4.78, 5) is 10.9. The van der Waals surface area contributed by atoms with E-state index < -0.39 is 5.60 Å². The van der Waals surface area contributed by atoms with Crippen LogP contribution in [0.25, 0.3) is 0 Å². The summed E-state index contributed by atoms with van der Waals surface area (Å²) in [6.07, 6.45) is 1.21. The minimum absolute atomic E-state index is 0.0417. The average molecular weight is 143 g/mol. The fraction of sp³-hybridized carbons (Fsp3) is 0.857. The van der Waals surface area contributed by atoms with Crippen molar-refractivity contribution in [3.05, 3.63) is 0 Å². The van der Waals surface area contributed by atoms with Crippen LogP contribution in [-0.4, -0.2) is 23.7 Å². The van der Waals surface area contributed by atoms with Gasteiger partial charge in [-0.1, -0.05) is 0 Å².